The van der Waals surface area contributed by atoms with Crippen molar-refractivity contribution >= 4 is 11.8 Å². The largest absolute Gasteiger partial charge is 0.497 e. The van der Waals surface area contributed by atoms with Crippen molar-refractivity contribution in [1.82, 2.24) is 0 Å². The van der Waals surface area contributed by atoms with Gasteiger partial charge in [0, 0.05) is 11.6 Å². The normalized spacial score (nSPS) is 10.0. The highest BCUT2D eigenvalue weighted by atomic mass is 16.5. The molecule has 23 heavy (non-hydrogen) atoms. The summed E-state index contributed by atoms with van der Waals surface area (Å²) in [7, 11) is 2.98. The number of methoxy groups -OCH3 is 2. The molecule has 0 atom stereocenters. The Kier molecular flexibility index (Phi) is 5.36. The highest BCUT2D eigenvalue weighted by molar-refractivity contribution is 5.99. The van der Waals surface area contributed by atoms with Gasteiger partial charge in [0.2, 0.25) is 0 Å². The fourth-order valence-corrected chi connectivity index (χ4v) is 1.96. The smallest absolute Gasteiger partial charge is 0.338 e. The van der Waals surface area contributed by atoms with Crippen LogP contribution in [0.2, 0.25) is 0 Å². The SMILES string of the molecule is COc1cc(OC)cc(C(=O)OCC(=O)c2ccc(C)cc2)c1. The Labute approximate surface area is 134 Å². The maximum atomic E-state index is 12.1. The van der Waals surface area contributed by atoms with Crippen LogP contribution in [0.5, 0.6) is 11.5 Å². The monoisotopic (exact) mass is 314 g/mol. The van der Waals surface area contributed by atoms with E-state index < -0.39 is 5.97 Å². The van der Waals surface area contributed by atoms with E-state index in [2.05, 4.69) is 0 Å². The molecule has 5 heteroatoms. The molecule has 0 heterocycles. The number of hydrogen-bond acceptors (Lipinski definition) is 5. The van der Waals surface area contributed by atoms with Crippen LogP contribution in [-0.4, -0.2) is 32.6 Å². The van der Waals surface area contributed by atoms with Gasteiger partial charge in [-0.3, -0.25) is 4.79 Å². The minimum absolute atomic E-state index is 0.256. The lowest BCUT2D eigenvalue weighted by Gasteiger charge is -2.08. The lowest BCUT2D eigenvalue weighted by Crippen LogP contribution is -2.14. The summed E-state index contributed by atoms with van der Waals surface area (Å²) >= 11 is 0. The van der Waals surface area contributed by atoms with Crippen molar-refractivity contribution in [3.63, 3.8) is 0 Å². The third kappa shape index (κ3) is 4.32. The fraction of sp³-hybridized carbons (Fsp3) is 0.222. The zero-order valence-electron chi connectivity index (χ0n) is 13.3. The first-order valence-electron chi connectivity index (χ1n) is 7.03. The van der Waals surface area contributed by atoms with Gasteiger partial charge in [0.25, 0.3) is 0 Å². The first kappa shape index (κ1) is 16.5. The number of ketones is 1. The molecule has 0 unspecified atom stereocenters. The van der Waals surface area contributed by atoms with E-state index in [0.29, 0.717) is 17.1 Å². The topological polar surface area (TPSA) is 61.8 Å². The quantitative estimate of drug-likeness (QED) is 0.606. The van der Waals surface area contributed by atoms with Gasteiger partial charge in [0.1, 0.15) is 11.5 Å². The molecule has 0 spiro atoms. The molecule has 0 aliphatic carbocycles. The number of carbonyl (C=O) groups excluding carboxylic acids is 2. The summed E-state index contributed by atoms with van der Waals surface area (Å²) in [6.45, 7) is 1.62. The molecule has 0 aliphatic heterocycles. The van der Waals surface area contributed by atoms with Crippen molar-refractivity contribution in [3.8, 4) is 11.5 Å². The van der Waals surface area contributed by atoms with E-state index in [1.54, 1.807) is 18.2 Å². The molecule has 2 aromatic carbocycles. The molecule has 0 aliphatic rings. The maximum absolute atomic E-state index is 12.1. The molecule has 2 aromatic rings. The van der Waals surface area contributed by atoms with Crippen LogP contribution in [0, 0.1) is 6.92 Å². The van der Waals surface area contributed by atoms with Crippen LogP contribution >= 0.6 is 0 Å². The second kappa shape index (κ2) is 7.45. The molecule has 0 radical (unpaired) electrons. The lowest BCUT2D eigenvalue weighted by molar-refractivity contribution is 0.0474. The van der Waals surface area contributed by atoms with E-state index in [1.165, 1.54) is 26.4 Å². The van der Waals surface area contributed by atoms with Gasteiger partial charge in [0.15, 0.2) is 12.4 Å². The van der Waals surface area contributed by atoms with Gasteiger partial charge in [-0.05, 0) is 19.1 Å². The average Bonchev–Trinajstić information content (AvgIpc) is 2.59. The summed E-state index contributed by atoms with van der Waals surface area (Å²) in [5.41, 5.74) is 1.83. The second-order valence-corrected chi connectivity index (χ2v) is 4.97. The fourth-order valence-electron chi connectivity index (χ4n) is 1.96. The minimum atomic E-state index is -0.609. The van der Waals surface area contributed by atoms with E-state index in [1.807, 2.05) is 19.1 Å². The molecule has 0 saturated carbocycles. The summed E-state index contributed by atoms with van der Waals surface area (Å²) in [6.07, 6.45) is 0. The van der Waals surface area contributed by atoms with Crippen molar-refractivity contribution < 1.29 is 23.8 Å². The van der Waals surface area contributed by atoms with E-state index in [4.69, 9.17) is 14.2 Å². The summed E-state index contributed by atoms with van der Waals surface area (Å²) in [6, 6.07) is 11.8. The predicted octanol–water partition coefficient (Wildman–Crippen LogP) is 3.05. The number of carbonyl (C=O) groups is 2. The molecule has 2 rings (SSSR count). The van der Waals surface area contributed by atoms with Crippen molar-refractivity contribution in [2.24, 2.45) is 0 Å². The average molecular weight is 314 g/mol. The van der Waals surface area contributed by atoms with Crippen molar-refractivity contribution in [2.75, 3.05) is 20.8 Å². The van der Waals surface area contributed by atoms with Gasteiger partial charge < -0.3 is 14.2 Å². The molecular formula is C18H18O5. The van der Waals surface area contributed by atoms with Crippen LogP contribution < -0.4 is 9.47 Å². The van der Waals surface area contributed by atoms with E-state index in [0.717, 1.165) is 5.56 Å². The van der Waals surface area contributed by atoms with Gasteiger partial charge in [-0.1, -0.05) is 29.8 Å². The molecule has 0 aromatic heterocycles. The number of benzene rings is 2. The zero-order chi connectivity index (χ0) is 16.8. The number of esters is 1. The van der Waals surface area contributed by atoms with Crippen molar-refractivity contribution in [3.05, 3.63) is 59.2 Å². The molecule has 5 nitrogen and oxygen atoms in total. The summed E-state index contributed by atoms with van der Waals surface area (Å²) in [4.78, 5) is 24.1. The van der Waals surface area contributed by atoms with E-state index >= 15 is 0 Å². The third-order valence-electron chi connectivity index (χ3n) is 3.30. The zero-order valence-corrected chi connectivity index (χ0v) is 13.3. The first-order valence-corrected chi connectivity index (χ1v) is 7.03. The van der Waals surface area contributed by atoms with Gasteiger partial charge in [-0.2, -0.15) is 0 Å². The Bertz CT molecular complexity index is 682. The number of rotatable bonds is 6. The van der Waals surface area contributed by atoms with Crippen molar-refractivity contribution in [1.29, 1.82) is 0 Å². The van der Waals surface area contributed by atoms with Crippen LogP contribution in [0.4, 0.5) is 0 Å². The number of aryl methyl sites for hydroxylation is 1. The highest BCUT2D eigenvalue weighted by Gasteiger charge is 2.14. The molecule has 0 N–H and O–H groups in total. The van der Waals surface area contributed by atoms with Crippen LogP contribution in [-0.2, 0) is 4.74 Å². The third-order valence-corrected chi connectivity index (χ3v) is 3.30. The second-order valence-electron chi connectivity index (χ2n) is 4.97. The minimum Gasteiger partial charge on any atom is -0.497 e. The Morgan fingerprint density at radius 2 is 1.43 bits per heavy atom. The van der Waals surface area contributed by atoms with E-state index in [-0.39, 0.29) is 18.0 Å². The summed E-state index contributed by atoms with van der Waals surface area (Å²) in [5, 5.41) is 0. The Hall–Kier alpha value is -2.82. The van der Waals surface area contributed by atoms with Gasteiger partial charge >= 0.3 is 5.97 Å². The molecule has 0 fully saturated rings. The van der Waals surface area contributed by atoms with Gasteiger partial charge in [-0.15, -0.1) is 0 Å². The number of hydrogen-bond donors (Lipinski definition) is 0. The molecular weight excluding hydrogens is 296 g/mol. The summed E-state index contributed by atoms with van der Waals surface area (Å²) < 4.78 is 15.3. The molecule has 0 amide bonds. The van der Waals surface area contributed by atoms with Crippen LogP contribution in [0.1, 0.15) is 26.3 Å². The highest BCUT2D eigenvalue weighted by Crippen LogP contribution is 2.23. The lowest BCUT2D eigenvalue weighted by atomic mass is 10.1. The Balaban J connectivity index is 2.04. The molecule has 120 valence electrons. The maximum Gasteiger partial charge on any atom is 0.338 e. The van der Waals surface area contributed by atoms with E-state index in [9.17, 15) is 9.59 Å². The molecule has 0 saturated heterocycles. The number of Topliss-reactive ketones (excluding diaryl/α,β-unsaturated/α-hetero) is 1. The first-order chi connectivity index (χ1) is 11.0. The molecule has 0 bridgehead atoms. The Morgan fingerprint density at radius 3 is 1.96 bits per heavy atom. The number of ether oxygens (including phenoxy) is 3. The van der Waals surface area contributed by atoms with Crippen LogP contribution in [0.15, 0.2) is 42.5 Å². The summed E-state index contributed by atoms with van der Waals surface area (Å²) in [5.74, 6) is 0.0817. The standard InChI is InChI=1S/C18H18O5/c1-12-4-6-13(7-5-12)17(19)11-23-18(20)14-8-15(21-2)10-16(9-14)22-3/h4-10H,11H2,1-3H3. The van der Waals surface area contributed by atoms with Gasteiger partial charge in [-0.25, -0.2) is 4.79 Å². The Morgan fingerprint density at radius 1 is 0.870 bits per heavy atom. The van der Waals surface area contributed by atoms with Crippen molar-refractivity contribution in [2.45, 2.75) is 6.92 Å². The predicted molar refractivity (Wildman–Crippen MR) is 85.3 cm³/mol. The van der Waals surface area contributed by atoms with Crippen LogP contribution in [0.25, 0.3) is 0 Å². The van der Waals surface area contributed by atoms with Crippen LogP contribution in [0.3, 0.4) is 0 Å². The van der Waals surface area contributed by atoms with Gasteiger partial charge in [0.05, 0.1) is 19.8 Å².